The summed E-state index contributed by atoms with van der Waals surface area (Å²) in [7, 11) is 0. The number of amides is 1. The summed E-state index contributed by atoms with van der Waals surface area (Å²) in [6, 6.07) is 0.289. The fourth-order valence-electron chi connectivity index (χ4n) is 2.01. The van der Waals surface area contributed by atoms with E-state index in [1.165, 1.54) is 6.39 Å². The largest absolute Gasteiger partial charge is 0.438 e. The van der Waals surface area contributed by atoms with E-state index in [2.05, 4.69) is 24.1 Å². The zero-order valence-electron chi connectivity index (χ0n) is 9.62. The number of nitrogens with zero attached hydrogens (tertiary/aromatic N) is 1. The van der Waals surface area contributed by atoms with Gasteiger partial charge in [-0.05, 0) is 24.7 Å². The maximum absolute atomic E-state index is 12.0. The zero-order valence-corrected chi connectivity index (χ0v) is 9.62. The lowest BCUT2D eigenvalue weighted by Crippen LogP contribution is -2.28. The Morgan fingerprint density at radius 1 is 1.56 bits per heavy atom. The molecule has 1 N–H and O–H groups in total. The fourth-order valence-corrected chi connectivity index (χ4v) is 2.01. The summed E-state index contributed by atoms with van der Waals surface area (Å²) in [5, 5.41) is 3.00. The van der Waals surface area contributed by atoms with Gasteiger partial charge in [0, 0.05) is 12.0 Å². The summed E-state index contributed by atoms with van der Waals surface area (Å²) in [6.07, 6.45) is 4.68. The number of carbonyl (C=O) groups is 1. The van der Waals surface area contributed by atoms with E-state index >= 15 is 0 Å². The van der Waals surface area contributed by atoms with Crippen molar-refractivity contribution in [2.75, 3.05) is 0 Å². The van der Waals surface area contributed by atoms with Crippen molar-refractivity contribution in [3.8, 4) is 0 Å². The summed E-state index contributed by atoms with van der Waals surface area (Å²) in [5.74, 6) is 0.770. The van der Waals surface area contributed by atoms with E-state index in [1.54, 1.807) is 0 Å². The quantitative estimate of drug-likeness (QED) is 0.848. The maximum atomic E-state index is 12.0. The van der Waals surface area contributed by atoms with Crippen LogP contribution in [0.15, 0.2) is 10.8 Å². The highest BCUT2D eigenvalue weighted by atomic mass is 16.3. The van der Waals surface area contributed by atoms with Gasteiger partial charge in [0.25, 0.3) is 5.91 Å². The van der Waals surface area contributed by atoms with Crippen LogP contribution in [0.2, 0.25) is 0 Å². The first kappa shape index (κ1) is 9.87. The van der Waals surface area contributed by atoms with Gasteiger partial charge in [-0.25, -0.2) is 4.98 Å². The van der Waals surface area contributed by atoms with Crippen LogP contribution in [0.3, 0.4) is 0 Å². The van der Waals surface area contributed by atoms with E-state index in [4.69, 9.17) is 4.42 Å². The van der Waals surface area contributed by atoms with Gasteiger partial charge in [-0.15, -0.1) is 0 Å². The van der Waals surface area contributed by atoms with Gasteiger partial charge < -0.3 is 9.73 Å². The highest BCUT2D eigenvalue weighted by molar-refractivity contribution is 5.93. The van der Waals surface area contributed by atoms with Gasteiger partial charge in [0.1, 0.15) is 0 Å². The van der Waals surface area contributed by atoms with Crippen molar-refractivity contribution in [2.45, 2.75) is 45.1 Å². The van der Waals surface area contributed by atoms with Crippen molar-refractivity contribution in [3.63, 3.8) is 0 Å². The minimum absolute atomic E-state index is 0.102. The monoisotopic (exact) mass is 220 g/mol. The van der Waals surface area contributed by atoms with Gasteiger partial charge >= 0.3 is 0 Å². The molecule has 0 bridgehead atoms. The molecule has 2 aliphatic carbocycles. The van der Waals surface area contributed by atoms with Gasteiger partial charge in [0.05, 0.1) is 5.69 Å². The molecule has 0 unspecified atom stereocenters. The molecule has 0 aliphatic heterocycles. The van der Waals surface area contributed by atoms with Crippen molar-refractivity contribution < 1.29 is 9.21 Å². The zero-order chi connectivity index (χ0) is 11.3. The third-order valence-electron chi connectivity index (χ3n) is 3.58. The Morgan fingerprint density at radius 3 is 2.81 bits per heavy atom. The molecular formula is C12H16N2O2. The second-order valence-corrected chi connectivity index (χ2v) is 5.56. The Hall–Kier alpha value is -1.32. The minimum Gasteiger partial charge on any atom is -0.438 e. The summed E-state index contributed by atoms with van der Waals surface area (Å²) < 4.78 is 5.20. The van der Waals surface area contributed by atoms with Crippen molar-refractivity contribution in [1.29, 1.82) is 0 Å². The van der Waals surface area contributed by atoms with Crippen LogP contribution in [-0.2, 0) is 0 Å². The topological polar surface area (TPSA) is 55.1 Å². The van der Waals surface area contributed by atoms with Crippen LogP contribution in [0.1, 0.15) is 55.3 Å². The Bertz CT molecular complexity index is 432. The minimum atomic E-state index is -0.102. The third kappa shape index (κ3) is 1.62. The highest BCUT2D eigenvalue weighted by Crippen LogP contribution is 2.45. The number of hydrogen-bond donors (Lipinski definition) is 1. The molecule has 0 saturated heterocycles. The average molecular weight is 220 g/mol. The molecule has 4 heteroatoms. The molecule has 16 heavy (non-hydrogen) atoms. The standard InChI is InChI=1S/C12H16N2O2/c1-12(2)5-8(12)14-11(15)10-9(7-3-4-7)13-6-16-10/h6-8H,3-5H2,1-2H3,(H,14,15)/t8-/m0/s1. The molecule has 0 aromatic carbocycles. The molecule has 3 rings (SSSR count). The number of hydrogen-bond acceptors (Lipinski definition) is 3. The van der Waals surface area contributed by atoms with E-state index in [0.717, 1.165) is 25.0 Å². The third-order valence-corrected chi connectivity index (χ3v) is 3.58. The molecule has 1 atom stereocenters. The van der Waals surface area contributed by atoms with Crippen LogP contribution in [-0.4, -0.2) is 16.9 Å². The summed E-state index contributed by atoms with van der Waals surface area (Å²) >= 11 is 0. The van der Waals surface area contributed by atoms with E-state index in [1.807, 2.05) is 0 Å². The Labute approximate surface area is 94.4 Å². The summed E-state index contributed by atoms with van der Waals surface area (Å²) in [6.45, 7) is 4.31. The maximum Gasteiger partial charge on any atom is 0.289 e. The van der Waals surface area contributed by atoms with Crippen LogP contribution < -0.4 is 5.32 Å². The van der Waals surface area contributed by atoms with Crippen molar-refractivity contribution >= 4 is 5.91 Å². The van der Waals surface area contributed by atoms with E-state index in [9.17, 15) is 4.79 Å². The van der Waals surface area contributed by atoms with Crippen LogP contribution in [0.4, 0.5) is 0 Å². The second kappa shape index (κ2) is 3.09. The molecule has 1 amide bonds. The molecular weight excluding hydrogens is 204 g/mol. The lowest BCUT2D eigenvalue weighted by Gasteiger charge is -2.05. The molecule has 2 saturated carbocycles. The van der Waals surface area contributed by atoms with E-state index < -0.39 is 0 Å². The molecule has 4 nitrogen and oxygen atoms in total. The number of aromatic nitrogens is 1. The van der Waals surface area contributed by atoms with Crippen molar-refractivity contribution in [2.24, 2.45) is 5.41 Å². The Kier molecular flexibility index (Phi) is 1.91. The highest BCUT2D eigenvalue weighted by Gasteiger charge is 2.47. The van der Waals surface area contributed by atoms with E-state index in [-0.39, 0.29) is 17.4 Å². The number of oxazole rings is 1. The van der Waals surface area contributed by atoms with Crippen molar-refractivity contribution in [1.82, 2.24) is 10.3 Å². The second-order valence-electron chi connectivity index (χ2n) is 5.56. The predicted octanol–water partition coefficient (Wildman–Crippen LogP) is 2.08. The summed E-state index contributed by atoms with van der Waals surface area (Å²) in [5.41, 5.74) is 1.09. The average Bonchev–Trinajstić information content (AvgIpc) is 3.08. The predicted molar refractivity (Wildman–Crippen MR) is 58.1 cm³/mol. The smallest absolute Gasteiger partial charge is 0.289 e. The Balaban J connectivity index is 1.72. The van der Waals surface area contributed by atoms with Gasteiger partial charge in [-0.1, -0.05) is 13.8 Å². The number of nitrogens with one attached hydrogen (secondary N) is 1. The van der Waals surface area contributed by atoms with Gasteiger partial charge in [0.15, 0.2) is 6.39 Å². The van der Waals surface area contributed by atoms with Crippen molar-refractivity contribution in [3.05, 3.63) is 17.8 Å². The van der Waals surface area contributed by atoms with E-state index in [0.29, 0.717) is 11.7 Å². The van der Waals surface area contributed by atoms with Crippen LogP contribution >= 0.6 is 0 Å². The first-order chi connectivity index (χ1) is 7.58. The van der Waals surface area contributed by atoms with Gasteiger partial charge in [0.2, 0.25) is 5.76 Å². The molecule has 1 aromatic rings. The molecule has 2 fully saturated rings. The molecule has 1 heterocycles. The molecule has 0 radical (unpaired) electrons. The molecule has 1 aromatic heterocycles. The number of carbonyl (C=O) groups excluding carboxylic acids is 1. The SMILES string of the molecule is CC1(C)C[C@@H]1NC(=O)c1ocnc1C1CC1. The lowest BCUT2D eigenvalue weighted by molar-refractivity contribution is 0.0917. The fraction of sp³-hybridized carbons (Fsp3) is 0.667. The summed E-state index contributed by atoms with van der Waals surface area (Å²) in [4.78, 5) is 16.1. The van der Waals surface area contributed by atoms with Gasteiger partial charge in [-0.3, -0.25) is 4.79 Å². The first-order valence-electron chi connectivity index (χ1n) is 5.82. The normalized spacial score (nSPS) is 26.5. The Morgan fingerprint density at radius 2 is 2.25 bits per heavy atom. The lowest BCUT2D eigenvalue weighted by atomic mass is 10.2. The van der Waals surface area contributed by atoms with Gasteiger partial charge in [-0.2, -0.15) is 0 Å². The van der Waals surface area contributed by atoms with Crippen LogP contribution in [0.5, 0.6) is 0 Å². The molecule has 2 aliphatic rings. The van der Waals surface area contributed by atoms with Crippen LogP contribution in [0, 0.1) is 5.41 Å². The van der Waals surface area contributed by atoms with Crippen LogP contribution in [0.25, 0.3) is 0 Å². The number of rotatable bonds is 3. The first-order valence-corrected chi connectivity index (χ1v) is 5.82. The molecule has 86 valence electrons. The molecule has 0 spiro atoms.